The van der Waals surface area contributed by atoms with E-state index < -0.39 is 44.4 Å². The number of sulfonamides is 1. The number of nitrogens with one attached hydrogen (secondary N) is 1. The molecule has 0 heterocycles. The van der Waals surface area contributed by atoms with E-state index in [4.69, 9.17) is 11.5 Å². The summed E-state index contributed by atoms with van der Waals surface area (Å²) in [7, 11) is -4.58. The number of amides is 1. The van der Waals surface area contributed by atoms with Gasteiger partial charge in [0.1, 0.15) is 17.7 Å². The predicted octanol–water partition coefficient (Wildman–Crippen LogP) is 0.335. The molecule has 9 heteroatoms. The summed E-state index contributed by atoms with van der Waals surface area (Å²) in [5.74, 6) is -4.12. The maximum absolute atomic E-state index is 13.6. The minimum Gasteiger partial charge on any atom is -0.399 e. The largest absolute Gasteiger partial charge is 0.399 e. The Morgan fingerprint density at radius 1 is 1.25 bits per heavy atom. The Kier molecular flexibility index (Phi) is 4.66. The number of halogens is 2. The first-order chi connectivity index (χ1) is 9.06. The molecule has 0 fully saturated rings. The first-order valence-electron chi connectivity index (χ1n) is 5.62. The number of carbonyl (C=O) groups is 1. The van der Waals surface area contributed by atoms with Crippen LogP contribution in [0.1, 0.15) is 13.8 Å². The van der Waals surface area contributed by atoms with E-state index in [-0.39, 0.29) is 5.69 Å². The number of carbonyl (C=O) groups excluding carboxylic acids is 1. The maximum atomic E-state index is 13.6. The SMILES string of the molecule is CC(C)C(NS(=O)(=O)c1c(F)cc(N)cc1F)C(N)=O. The second-order valence-electron chi connectivity index (χ2n) is 4.56. The minimum atomic E-state index is -4.58. The Balaban J connectivity index is 3.28. The average Bonchev–Trinajstić information content (AvgIpc) is 2.23. The first kappa shape index (κ1) is 16.3. The van der Waals surface area contributed by atoms with Crippen LogP contribution >= 0.6 is 0 Å². The van der Waals surface area contributed by atoms with Crippen LogP contribution in [0.15, 0.2) is 17.0 Å². The van der Waals surface area contributed by atoms with Gasteiger partial charge in [-0.2, -0.15) is 4.72 Å². The summed E-state index contributed by atoms with van der Waals surface area (Å²) in [6.07, 6.45) is 0. The highest BCUT2D eigenvalue weighted by atomic mass is 32.2. The summed E-state index contributed by atoms with van der Waals surface area (Å²) < 4.78 is 53.0. The van der Waals surface area contributed by atoms with Gasteiger partial charge in [-0.15, -0.1) is 0 Å². The Hall–Kier alpha value is -1.74. The van der Waals surface area contributed by atoms with Crippen LogP contribution in [0, 0.1) is 17.6 Å². The molecule has 1 amide bonds. The molecule has 1 atom stereocenters. The third-order valence-corrected chi connectivity index (χ3v) is 4.04. The molecule has 20 heavy (non-hydrogen) atoms. The van der Waals surface area contributed by atoms with Crippen molar-refractivity contribution in [1.82, 2.24) is 4.72 Å². The third-order valence-electron chi connectivity index (χ3n) is 2.54. The van der Waals surface area contributed by atoms with Gasteiger partial charge in [-0.1, -0.05) is 13.8 Å². The number of nitrogen functional groups attached to an aromatic ring is 1. The van der Waals surface area contributed by atoms with E-state index in [9.17, 15) is 22.0 Å². The van der Waals surface area contributed by atoms with Gasteiger partial charge in [0.15, 0.2) is 4.90 Å². The van der Waals surface area contributed by atoms with Crippen LogP contribution in [0.25, 0.3) is 0 Å². The molecule has 0 spiro atoms. The topological polar surface area (TPSA) is 115 Å². The fraction of sp³-hybridized carbons (Fsp3) is 0.364. The molecule has 1 unspecified atom stereocenters. The fourth-order valence-electron chi connectivity index (χ4n) is 1.58. The van der Waals surface area contributed by atoms with Gasteiger partial charge in [-0.25, -0.2) is 17.2 Å². The van der Waals surface area contributed by atoms with Crippen LogP contribution in [0.4, 0.5) is 14.5 Å². The van der Waals surface area contributed by atoms with E-state index >= 15 is 0 Å². The van der Waals surface area contributed by atoms with Crippen molar-refractivity contribution in [2.24, 2.45) is 11.7 Å². The van der Waals surface area contributed by atoms with Crippen LogP contribution in [0.3, 0.4) is 0 Å². The molecule has 1 aromatic rings. The van der Waals surface area contributed by atoms with Gasteiger partial charge >= 0.3 is 0 Å². The number of anilines is 1. The van der Waals surface area contributed by atoms with Crippen molar-refractivity contribution < 1.29 is 22.0 Å². The quantitative estimate of drug-likeness (QED) is 0.680. The molecule has 0 bridgehead atoms. The van der Waals surface area contributed by atoms with Crippen molar-refractivity contribution in [3.8, 4) is 0 Å². The number of primary amides is 1. The molecular weight excluding hydrogens is 292 g/mol. The number of nitrogens with two attached hydrogens (primary N) is 2. The number of rotatable bonds is 5. The van der Waals surface area contributed by atoms with Crippen LogP contribution in [0.5, 0.6) is 0 Å². The second-order valence-corrected chi connectivity index (χ2v) is 6.21. The molecule has 0 aromatic heterocycles. The highest BCUT2D eigenvalue weighted by Gasteiger charge is 2.31. The van der Waals surface area contributed by atoms with Gasteiger partial charge in [0.2, 0.25) is 15.9 Å². The van der Waals surface area contributed by atoms with E-state index in [2.05, 4.69) is 0 Å². The lowest BCUT2D eigenvalue weighted by Gasteiger charge is -2.19. The van der Waals surface area contributed by atoms with Crippen molar-refractivity contribution in [1.29, 1.82) is 0 Å². The zero-order valence-corrected chi connectivity index (χ0v) is 11.7. The summed E-state index contributed by atoms with van der Waals surface area (Å²) >= 11 is 0. The van der Waals surface area contributed by atoms with Crippen LogP contribution < -0.4 is 16.2 Å². The van der Waals surface area contributed by atoms with Gasteiger partial charge in [-0.05, 0) is 18.1 Å². The lowest BCUT2D eigenvalue weighted by molar-refractivity contribution is -0.120. The highest BCUT2D eigenvalue weighted by molar-refractivity contribution is 7.89. The number of hydrogen-bond donors (Lipinski definition) is 3. The summed E-state index contributed by atoms with van der Waals surface area (Å²) in [5, 5.41) is 0. The van der Waals surface area contributed by atoms with E-state index in [0.29, 0.717) is 12.1 Å². The molecule has 0 aliphatic carbocycles. The third kappa shape index (κ3) is 3.42. The molecule has 0 saturated heterocycles. The van der Waals surface area contributed by atoms with E-state index in [1.54, 1.807) is 0 Å². The summed E-state index contributed by atoms with van der Waals surface area (Å²) in [6.45, 7) is 3.07. The van der Waals surface area contributed by atoms with E-state index in [0.717, 1.165) is 0 Å². The lowest BCUT2D eigenvalue weighted by Crippen LogP contribution is -2.47. The molecule has 0 aliphatic rings. The van der Waals surface area contributed by atoms with Crippen LogP contribution in [0.2, 0.25) is 0 Å². The molecule has 112 valence electrons. The van der Waals surface area contributed by atoms with Crippen LogP contribution in [-0.2, 0) is 14.8 Å². The Labute approximate surface area is 115 Å². The smallest absolute Gasteiger partial charge is 0.247 e. The van der Waals surface area contributed by atoms with Crippen molar-refractivity contribution in [3.05, 3.63) is 23.8 Å². The van der Waals surface area contributed by atoms with Gasteiger partial charge < -0.3 is 11.5 Å². The summed E-state index contributed by atoms with van der Waals surface area (Å²) in [5.41, 5.74) is 9.99. The lowest BCUT2D eigenvalue weighted by atomic mass is 10.1. The zero-order chi connectivity index (χ0) is 15.7. The van der Waals surface area contributed by atoms with Crippen LogP contribution in [-0.4, -0.2) is 20.4 Å². The zero-order valence-electron chi connectivity index (χ0n) is 10.9. The van der Waals surface area contributed by atoms with Crippen molar-refractivity contribution >= 4 is 21.6 Å². The standard InChI is InChI=1S/C11H15F2N3O3S/c1-5(2)9(11(15)17)16-20(18,19)10-7(12)3-6(14)4-8(10)13/h3-5,9,16H,14H2,1-2H3,(H2,15,17). The molecular formula is C11H15F2N3O3S. The number of benzene rings is 1. The predicted molar refractivity (Wildman–Crippen MR) is 68.9 cm³/mol. The van der Waals surface area contributed by atoms with Gasteiger partial charge in [0, 0.05) is 5.69 Å². The van der Waals surface area contributed by atoms with E-state index in [1.165, 1.54) is 13.8 Å². The second kappa shape index (κ2) is 5.71. The monoisotopic (exact) mass is 307 g/mol. The molecule has 1 aromatic carbocycles. The van der Waals surface area contributed by atoms with Crippen molar-refractivity contribution in [3.63, 3.8) is 0 Å². The average molecular weight is 307 g/mol. The summed E-state index contributed by atoms with van der Waals surface area (Å²) in [4.78, 5) is 9.97. The molecule has 6 nitrogen and oxygen atoms in total. The van der Waals surface area contributed by atoms with Gasteiger partial charge in [0.25, 0.3) is 0 Å². The Morgan fingerprint density at radius 3 is 2.05 bits per heavy atom. The Morgan fingerprint density at radius 2 is 1.70 bits per heavy atom. The minimum absolute atomic E-state index is 0.255. The van der Waals surface area contributed by atoms with Crippen molar-refractivity contribution in [2.45, 2.75) is 24.8 Å². The maximum Gasteiger partial charge on any atom is 0.247 e. The first-order valence-corrected chi connectivity index (χ1v) is 7.10. The molecule has 1 rings (SSSR count). The fourth-order valence-corrected chi connectivity index (χ4v) is 3.06. The van der Waals surface area contributed by atoms with E-state index in [1.807, 2.05) is 4.72 Å². The normalized spacial score (nSPS) is 13.4. The van der Waals surface area contributed by atoms with Gasteiger partial charge in [-0.3, -0.25) is 4.79 Å². The Bertz CT molecular complexity index is 609. The molecule has 5 N–H and O–H groups in total. The molecule has 0 radical (unpaired) electrons. The molecule has 0 saturated carbocycles. The summed E-state index contributed by atoms with van der Waals surface area (Å²) in [6, 6.07) is 0.0647. The molecule has 0 aliphatic heterocycles. The van der Waals surface area contributed by atoms with Crippen molar-refractivity contribution in [2.75, 3.05) is 5.73 Å². The highest BCUT2D eigenvalue weighted by Crippen LogP contribution is 2.22. The van der Waals surface area contributed by atoms with Gasteiger partial charge in [0.05, 0.1) is 0 Å². The number of hydrogen-bond acceptors (Lipinski definition) is 4.